The highest BCUT2D eigenvalue weighted by Crippen LogP contribution is 2.14. The molecule has 1 N–H and O–H groups in total. The summed E-state index contributed by atoms with van der Waals surface area (Å²) in [5, 5.41) is 8.74. The zero-order chi connectivity index (χ0) is 34.2. The third-order valence-electron chi connectivity index (χ3n) is 8.48. The summed E-state index contributed by atoms with van der Waals surface area (Å²) >= 11 is 1.81. The smallest absolute Gasteiger partial charge is 0.316 e. The molecule has 9 nitrogen and oxygen atoms in total. The highest BCUT2D eigenvalue weighted by molar-refractivity contribution is 7.99. The average Bonchev–Trinajstić information content (AvgIpc) is 3.54. The summed E-state index contributed by atoms with van der Waals surface area (Å²) in [6.45, 7) is 6.63. The summed E-state index contributed by atoms with van der Waals surface area (Å²) in [5.74, 6) is 0.966. The third kappa shape index (κ3) is 24.9. The van der Waals surface area contributed by atoms with Gasteiger partial charge < -0.3 is 24.2 Å². The van der Waals surface area contributed by atoms with Crippen molar-refractivity contribution in [3.05, 3.63) is 30.9 Å². The van der Waals surface area contributed by atoms with Crippen molar-refractivity contribution in [3.63, 3.8) is 0 Å². The molecule has 0 radical (unpaired) electrons. The number of nitrogens with zero attached hydrogens (tertiary/aromatic N) is 4. The molecular weight excluding hydrogens is 625 g/mol. The Morgan fingerprint density at radius 3 is 2.17 bits per heavy atom. The molecule has 48 heavy (non-hydrogen) atoms. The van der Waals surface area contributed by atoms with Gasteiger partial charge >= 0.3 is 12.0 Å². The first kappa shape index (κ1) is 42.0. The number of unbranched alkanes of at least 4 members (excludes halogenated alkanes) is 17. The van der Waals surface area contributed by atoms with Crippen molar-refractivity contribution in [2.24, 2.45) is 0 Å². The van der Waals surface area contributed by atoms with Crippen LogP contribution in [-0.2, 0) is 14.3 Å². The number of carboxylic acids is 1. The quantitative estimate of drug-likeness (QED) is 0.0562. The van der Waals surface area contributed by atoms with Crippen molar-refractivity contribution in [2.45, 2.75) is 141 Å². The van der Waals surface area contributed by atoms with Crippen LogP contribution in [0.4, 0.5) is 0 Å². The maximum absolute atomic E-state index is 10.6. The van der Waals surface area contributed by atoms with Crippen molar-refractivity contribution in [2.75, 3.05) is 51.1 Å². The second kappa shape index (κ2) is 30.9. The Morgan fingerprint density at radius 2 is 1.52 bits per heavy atom. The van der Waals surface area contributed by atoms with E-state index in [1.807, 2.05) is 0 Å². The Balaban J connectivity index is 1.44. The second-order valence-corrected chi connectivity index (χ2v) is 14.1. The van der Waals surface area contributed by atoms with Gasteiger partial charge in [-0.25, -0.2) is 9.97 Å². The van der Waals surface area contributed by atoms with Crippen LogP contribution >= 0.6 is 11.8 Å². The van der Waals surface area contributed by atoms with Gasteiger partial charge in [0.25, 0.3) is 0 Å². The molecule has 0 bridgehead atoms. The molecule has 1 aromatic heterocycles. The topological polar surface area (TPSA) is 97.0 Å². The minimum absolute atomic E-state index is 0.0976. The van der Waals surface area contributed by atoms with Crippen LogP contribution in [0.3, 0.4) is 0 Å². The number of ether oxygens (including phenoxy) is 3. The first-order valence-corrected chi connectivity index (χ1v) is 20.2. The predicted molar refractivity (Wildman–Crippen MR) is 198 cm³/mol. The fraction of sp³-hybridized carbons (Fsp3) is 0.789. The molecule has 0 aliphatic carbocycles. The number of thioether (sulfide) groups is 1. The average molecular weight is 692 g/mol. The highest BCUT2D eigenvalue weighted by Gasteiger charge is 2.15. The molecule has 10 heteroatoms. The summed E-state index contributed by atoms with van der Waals surface area (Å²) in [6.07, 6.45) is 34.3. The molecule has 0 amide bonds. The Bertz CT molecular complexity index is 952. The number of hydrogen-bond donors (Lipinski definition) is 1. The third-order valence-corrected chi connectivity index (χ3v) is 9.54. The molecule has 0 spiro atoms. The van der Waals surface area contributed by atoms with E-state index in [1.54, 1.807) is 30.2 Å². The van der Waals surface area contributed by atoms with Gasteiger partial charge in [-0.15, -0.1) is 0 Å². The molecule has 0 aromatic carbocycles. The van der Waals surface area contributed by atoms with E-state index in [4.69, 9.17) is 19.3 Å². The van der Waals surface area contributed by atoms with Gasteiger partial charge in [0.1, 0.15) is 12.3 Å². The van der Waals surface area contributed by atoms with Gasteiger partial charge in [0.15, 0.2) is 6.20 Å². The van der Waals surface area contributed by atoms with E-state index < -0.39 is 5.97 Å². The minimum atomic E-state index is -0.722. The lowest BCUT2D eigenvalue weighted by Gasteiger charge is -2.18. The van der Waals surface area contributed by atoms with E-state index in [0.29, 0.717) is 25.8 Å². The molecule has 0 fully saturated rings. The SMILES string of the molecule is CCCCCCCCCCCCCCCCCCOCC(CSCCOCCN1C=C[N+](=CCCCCC(=O)O)C1)Oc1ncccn1. The first-order valence-electron chi connectivity index (χ1n) is 19.1. The fourth-order valence-electron chi connectivity index (χ4n) is 5.62. The number of rotatable bonds is 34. The summed E-state index contributed by atoms with van der Waals surface area (Å²) < 4.78 is 20.1. The molecule has 2 rings (SSSR count). The van der Waals surface area contributed by atoms with E-state index in [0.717, 1.165) is 57.0 Å². The van der Waals surface area contributed by atoms with Gasteiger partial charge in [0.05, 0.1) is 26.0 Å². The minimum Gasteiger partial charge on any atom is -0.481 e. The Labute approximate surface area is 296 Å². The monoisotopic (exact) mass is 691 g/mol. The lowest BCUT2D eigenvalue weighted by Crippen LogP contribution is -2.27. The van der Waals surface area contributed by atoms with E-state index >= 15 is 0 Å². The maximum Gasteiger partial charge on any atom is 0.316 e. The van der Waals surface area contributed by atoms with Crippen molar-refractivity contribution < 1.29 is 28.7 Å². The number of carboxylic acid groups (broad SMARTS) is 1. The van der Waals surface area contributed by atoms with Crippen LogP contribution in [0.25, 0.3) is 0 Å². The van der Waals surface area contributed by atoms with E-state index in [2.05, 4.69) is 45.0 Å². The lowest BCUT2D eigenvalue weighted by molar-refractivity contribution is -0.460. The maximum atomic E-state index is 10.6. The van der Waals surface area contributed by atoms with Crippen LogP contribution in [0, 0.1) is 0 Å². The number of hydrogen-bond acceptors (Lipinski definition) is 8. The van der Waals surface area contributed by atoms with Crippen LogP contribution in [0.1, 0.15) is 135 Å². The number of aromatic nitrogens is 2. The summed E-state index contributed by atoms with van der Waals surface area (Å²) in [6, 6.07) is 2.19. The van der Waals surface area contributed by atoms with E-state index in [9.17, 15) is 4.79 Å². The van der Waals surface area contributed by atoms with Gasteiger partial charge in [0, 0.05) is 49.9 Å². The van der Waals surface area contributed by atoms with Gasteiger partial charge in [-0.1, -0.05) is 103 Å². The molecule has 1 unspecified atom stereocenters. The summed E-state index contributed by atoms with van der Waals surface area (Å²) in [4.78, 5) is 21.3. The summed E-state index contributed by atoms with van der Waals surface area (Å²) in [7, 11) is 0. The number of carbonyl (C=O) groups is 1. The zero-order valence-electron chi connectivity index (χ0n) is 30.1. The molecule has 274 valence electrons. The molecule has 1 atom stereocenters. The highest BCUT2D eigenvalue weighted by atomic mass is 32.2. The van der Waals surface area contributed by atoms with Crippen LogP contribution in [0.2, 0.25) is 0 Å². The van der Waals surface area contributed by atoms with Gasteiger partial charge in [-0.2, -0.15) is 16.3 Å². The fourth-order valence-corrected chi connectivity index (χ4v) is 6.45. The van der Waals surface area contributed by atoms with Gasteiger partial charge in [-0.05, 0) is 25.3 Å². The standard InChI is InChI=1S/C38H66N4O5S/c1-2-3-4-5-6-7-8-9-10-11-12-13-14-15-16-20-29-46-33-36(47-38-39-23-21-24-40-38)34-48-32-31-45-30-28-42-27-26-41(35-42)25-19-17-18-22-37(43)44/h21,23-27,36H,2-20,22,28-35H2,1H3/p+1. The lowest BCUT2D eigenvalue weighted by atomic mass is 10.0. The molecule has 1 aliphatic heterocycles. The molecule has 1 aromatic rings. The van der Waals surface area contributed by atoms with E-state index in [1.165, 1.54) is 96.3 Å². The predicted octanol–water partition coefficient (Wildman–Crippen LogP) is 8.72. The molecule has 1 aliphatic rings. The second-order valence-electron chi connectivity index (χ2n) is 12.9. The summed E-state index contributed by atoms with van der Waals surface area (Å²) in [5.41, 5.74) is 0. The van der Waals surface area contributed by atoms with Gasteiger partial charge in [0.2, 0.25) is 6.67 Å². The number of aliphatic carboxylic acids is 1. The Hall–Kier alpha value is -2.17. The van der Waals surface area contributed by atoms with Crippen molar-refractivity contribution in [1.82, 2.24) is 14.9 Å². The van der Waals surface area contributed by atoms with Crippen LogP contribution in [0.5, 0.6) is 6.01 Å². The van der Waals surface area contributed by atoms with Crippen molar-refractivity contribution in [3.8, 4) is 6.01 Å². The van der Waals surface area contributed by atoms with Crippen LogP contribution in [0.15, 0.2) is 30.9 Å². The van der Waals surface area contributed by atoms with Crippen LogP contribution < -0.4 is 4.74 Å². The molecule has 0 saturated heterocycles. The van der Waals surface area contributed by atoms with Crippen molar-refractivity contribution in [1.29, 1.82) is 0 Å². The zero-order valence-corrected chi connectivity index (χ0v) is 30.9. The van der Waals surface area contributed by atoms with Crippen molar-refractivity contribution >= 4 is 23.9 Å². The molecule has 2 heterocycles. The first-order chi connectivity index (χ1) is 23.7. The van der Waals surface area contributed by atoms with Gasteiger partial charge in [-0.3, -0.25) is 4.79 Å². The van der Waals surface area contributed by atoms with E-state index in [-0.39, 0.29) is 12.5 Å². The molecule has 0 saturated carbocycles. The largest absolute Gasteiger partial charge is 0.481 e. The molecular formula is C38H67N4O5S+. The Morgan fingerprint density at radius 1 is 0.875 bits per heavy atom. The normalized spacial score (nSPS) is 14.3. The Kier molecular flexibility index (Phi) is 27.0. The van der Waals surface area contributed by atoms with Crippen LogP contribution in [-0.4, -0.2) is 94.0 Å².